The van der Waals surface area contributed by atoms with E-state index in [0.29, 0.717) is 49.7 Å². The molecule has 154 valence electrons. The molecule has 6 heteroatoms. The van der Waals surface area contributed by atoms with Gasteiger partial charge in [0.15, 0.2) is 0 Å². The second kappa shape index (κ2) is 8.80. The predicted octanol–water partition coefficient (Wildman–Crippen LogP) is 3.22. The van der Waals surface area contributed by atoms with Crippen LogP contribution in [0, 0.1) is 5.92 Å². The maximum atomic E-state index is 12.7. The zero-order valence-electron chi connectivity index (χ0n) is 17.1. The summed E-state index contributed by atoms with van der Waals surface area (Å²) in [7, 11) is 1.64. The van der Waals surface area contributed by atoms with Crippen molar-refractivity contribution in [2.45, 2.75) is 57.9 Å². The highest BCUT2D eigenvalue weighted by atomic mass is 16.5. The lowest BCUT2D eigenvalue weighted by molar-refractivity contribution is -0.132. The molecule has 0 unspecified atom stereocenters. The van der Waals surface area contributed by atoms with Gasteiger partial charge in [0.25, 0.3) is 5.56 Å². The number of nitrogens with one attached hydrogen (secondary N) is 1. The molecule has 0 spiro atoms. The van der Waals surface area contributed by atoms with Crippen LogP contribution in [0.2, 0.25) is 0 Å². The van der Waals surface area contributed by atoms with Gasteiger partial charge in [0.2, 0.25) is 5.91 Å². The van der Waals surface area contributed by atoms with E-state index in [4.69, 9.17) is 4.74 Å². The van der Waals surface area contributed by atoms with Gasteiger partial charge < -0.3 is 14.6 Å². The van der Waals surface area contributed by atoms with E-state index in [1.807, 2.05) is 29.2 Å². The monoisotopic (exact) mass is 395 g/mol. The molecule has 2 aliphatic rings. The van der Waals surface area contributed by atoms with Gasteiger partial charge in [-0.2, -0.15) is 0 Å². The number of amides is 1. The number of fused-ring (bicyclic) bond motifs is 1. The van der Waals surface area contributed by atoms with Crippen LogP contribution in [-0.2, 0) is 24.2 Å². The Labute approximate surface area is 171 Å². The molecule has 0 bridgehead atoms. The van der Waals surface area contributed by atoms with E-state index in [1.54, 1.807) is 7.11 Å². The average molecular weight is 396 g/mol. The van der Waals surface area contributed by atoms with Gasteiger partial charge in [0, 0.05) is 25.8 Å². The van der Waals surface area contributed by atoms with Crippen LogP contribution in [0.4, 0.5) is 0 Å². The standard InChI is InChI=1S/C23H29N3O3/c1-29-18-9-6-17(7-10-18)14-21-24-20-12-13-26(15-19(20)23(28)25-21)22(27)11-8-16-4-2-3-5-16/h6-7,9-10,16H,2-5,8,11-15H2,1H3,(H,24,25,28). The van der Waals surface area contributed by atoms with Crippen LogP contribution < -0.4 is 10.3 Å². The number of hydrogen-bond donors (Lipinski definition) is 1. The maximum absolute atomic E-state index is 12.7. The molecule has 1 amide bonds. The molecule has 4 rings (SSSR count). The first-order valence-electron chi connectivity index (χ1n) is 10.6. The zero-order chi connectivity index (χ0) is 20.2. The highest BCUT2D eigenvalue weighted by Gasteiger charge is 2.25. The van der Waals surface area contributed by atoms with Crippen LogP contribution in [0.25, 0.3) is 0 Å². The molecule has 1 saturated carbocycles. The molecule has 29 heavy (non-hydrogen) atoms. The number of rotatable bonds is 6. The minimum atomic E-state index is -0.119. The molecule has 1 fully saturated rings. The van der Waals surface area contributed by atoms with Gasteiger partial charge in [-0.3, -0.25) is 9.59 Å². The number of hydrogen-bond acceptors (Lipinski definition) is 4. The average Bonchev–Trinajstić information content (AvgIpc) is 3.26. The summed E-state index contributed by atoms with van der Waals surface area (Å²) in [6.45, 7) is 1.03. The minimum absolute atomic E-state index is 0.119. The molecule has 1 aromatic heterocycles. The summed E-state index contributed by atoms with van der Waals surface area (Å²) in [5.41, 5.74) is 2.42. The van der Waals surface area contributed by atoms with Gasteiger partial charge in [-0.1, -0.05) is 37.8 Å². The van der Waals surface area contributed by atoms with Gasteiger partial charge in [-0.25, -0.2) is 4.98 Å². The highest BCUT2D eigenvalue weighted by Crippen LogP contribution is 2.29. The molecule has 1 aliphatic heterocycles. The molecule has 2 heterocycles. The van der Waals surface area contributed by atoms with Crippen molar-refractivity contribution in [2.24, 2.45) is 5.92 Å². The summed E-state index contributed by atoms with van der Waals surface area (Å²) in [5.74, 6) is 2.35. The van der Waals surface area contributed by atoms with Crippen molar-refractivity contribution in [3.63, 3.8) is 0 Å². The summed E-state index contributed by atoms with van der Waals surface area (Å²) in [6, 6.07) is 7.76. The summed E-state index contributed by atoms with van der Waals surface area (Å²) in [5, 5.41) is 0. The Hall–Kier alpha value is -2.63. The van der Waals surface area contributed by atoms with E-state index in [9.17, 15) is 9.59 Å². The molecule has 0 radical (unpaired) electrons. The van der Waals surface area contributed by atoms with E-state index in [2.05, 4.69) is 9.97 Å². The zero-order valence-corrected chi connectivity index (χ0v) is 17.1. The summed E-state index contributed by atoms with van der Waals surface area (Å²) >= 11 is 0. The van der Waals surface area contributed by atoms with E-state index >= 15 is 0 Å². The van der Waals surface area contributed by atoms with Crippen molar-refractivity contribution in [1.29, 1.82) is 0 Å². The topological polar surface area (TPSA) is 75.3 Å². The first kappa shape index (κ1) is 19.7. The molecule has 2 aromatic rings. The first-order chi connectivity index (χ1) is 14.1. The van der Waals surface area contributed by atoms with Crippen LogP contribution in [0.3, 0.4) is 0 Å². The Morgan fingerprint density at radius 1 is 1.24 bits per heavy atom. The largest absolute Gasteiger partial charge is 0.497 e. The lowest BCUT2D eigenvalue weighted by Gasteiger charge is -2.28. The van der Waals surface area contributed by atoms with Crippen LogP contribution in [0.15, 0.2) is 29.1 Å². The van der Waals surface area contributed by atoms with Gasteiger partial charge in [0.05, 0.1) is 24.9 Å². The number of carbonyl (C=O) groups is 1. The number of nitrogens with zero attached hydrogens (tertiary/aromatic N) is 2. The Balaban J connectivity index is 1.40. The van der Waals surface area contributed by atoms with Crippen LogP contribution >= 0.6 is 0 Å². The second-order valence-electron chi connectivity index (χ2n) is 8.22. The fraction of sp³-hybridized carbons (Fsp3) is 0.522. The van der Waals surface area contributed by atoms with Crippen LogP contribution in [0.1, 0.15) is 61.2 Å². The number of methoxy groups -OCH3 is 1. The molecular weight excluding hydrogens is 366 g/mol. The molecule has 1 aliphatic carbocycles. The third-order valence-electron chi connectivity index (χ3n) is 6.24. The van der Waals surface area contributed by atoms with Gasteiger partial charge >= 0.3 is 0 Å². The van der Waals surface area contributed by atoms with Gasteiger partial charge in [0.1, 0.15) is 11.6 Å². The minimum Gasteiger partial charge on any atom is -0.497 e. The number of H-pyrrole nitrogens is 1. The van der Waals surface area contributed by atoms with E-state index < -0.39 is 0 Å². The molecule has 0 atom stereocenters. The fourth-order valence-corrected chi connectivity index (χ4v) is 4.49. The van der Waals surface area contributed by atoms with Crippen molar-refractivity contribution in [2.75, 3.05) is 13.7 Å². The highest BCUT2D eigenvalue weighted by molar-refractivity contribution is 5.76. The van der Waals surface area contributed by atoms with Gasteiger partial charge in [-0.05, 0) is 30.0 Å². The van der Waals surface area contributed by atoms with Crippen molar-refractivity contribution < 1.29 is 9.53 Å². The third-order valence-corrected chi connectivity index (χ3v) is 6.24. The number of aromatic nitrogens is 2. The van der Waals surface area contributed by atoms with Crippen LogP contribution in [-0.4, -0.2) is 34.4 Å². The summed E-state index contributed by atoms with van der Waals surface area (Å²) in [4.78, 5) is 34.7. The number of ether oxygens (including phenoxy) is 1. The molecule has 1 N–H and O–H groups in total. The molecule has 0 saturated heterocycles. The predicted molar refractivity (Wildman–Crippen MR) is 111 cm³/mol. The van der Waals surface area contributed by atoms with Crippen LogP contribution in [0.5, 0.6) is 5.75 Å². The third kappa shape index (κ3) is 4.69. The van der Waals surface area contributed by atoms with Crippen molar-refractivity contribution in [3.05, 3.63) is 57.3 Å². The van der Waals surface area contributed by atoms with Crippen molar-refractivity contribution in [1.82, 2.24) is 14.9 Å². The second-order valence-corrected chi connectivity index (χ2v) is 8.22. The lowest BCUT2D eigenvalue weighted by Crippen LogP contribution is -2.39. The SMILES string of the molecule is COc1ccc(Cc2nc3c(c(=O)[nH]2)CN(C(=O)CCC2CCCC2)CC3)cc1. The van der Waals surface area contributed by atoms with E-state index in [1.165, 1.54) is 25.7 Å². The normalized spacial score (nSPS) is 16.7. The number of benzene rings is 1. The molecule has 1 aromatic carbocycles. The van der Waals surface area contributed by atoms with Gasteiger partial charge in [-0.15, -0.1) is 0 Å². The number of carbonyl (C=O) groups excluding carboxylic acids is 1. The molecule has 6 nitrogen and oxygen atoms in total. The van der Waals surface area contributed by atoms with E-state index in [0.717, 1.165) is 23.4 Å². The maximum Gasteiger partial charge on any atom is 0.256 e. The van der Waals surface area contributed by atoms with E-state index in [-0.39, 0.29) is 11.5 Å². The number of aromatic amines is 1. The van der Waals surface area contributed by atoms with Crippen molar-refractivity contribution >= 4 is 5.91 Å². The smallest absolute Gasteiger partial charge is 0.256 e. The molecular formula is C23H29N3O3. The Morgan fingerprint density at radius 2 is 2.00 bits per heavy atom. The Bertz CT molecular complexity index is 914. The first-order valence-corrected chi connectivity index (χ1v) is 10.6. The fourth-order valence-electron chi connectivity index (χ4n) is 4.49. The Kier molecular flexibility index (Phi) is 5.97. The quantitative estimate of drug-likeness (QED) is 0.815. The van der Waals surface area contributed by atoms with Crippen molar-refractivity contribution in [3.8, 4) is 5.75 Å². The summed E-state index contributed by atoms with van der Waals surface area (Å²) in [6.07, 6.45) is 7.91. The lowest BCUT2D eigenvalue weighted by atomic mass is 10.0. The Morgan fingerprint density at radius 3 is 2.72 bits per heavy atom. The summed E-state index contributed by atoms with van der Waals surface area (Å²) < 4.78 is 5.18.